The number of carbonyl (C=O) groups excluding carboxylic acids is 1. The molecule has 0 aliphatic carbocycles. The minimum absolute atomic E-state index is 0.0848. The van der Waals surface area contributed by atoms with E-state index in [2.05, 4.69) is 18.8 Å². The highest BCUT2D eigenvalue weighted by atomic mass is 127. The van der Waals surface area contributed by atoms with Gasteiger partial charge in [-0.2, -0.15) is 0 Å². The second-order valence-corrected chi connectivity index (χ2v) is 9.45. The maximum Gasteiger partial charge on any atom is 0.266 e. The average molecular weight is 543 g/mol. The molecule has 2 aromatic rings. The number of rotatable bonds is 5. The van der Waals surface area contributed by atoms with Gasteiger partial charge < -0.3 is 9.84 Å². The van der Waals surface area contributed by atoms with Crippen molar-refractivity contribution in [3.63, 3.8) is 0 Å². The third-order valence-electron chi connectivity index (χ3n) is 4.06. The topological polar surface area (TPSA) is 62.1 Å². The molecule has 3 rings (SSSR count). The molecule has 0 unspecified atom stereocenters. The van der Waals surface area contributed by atoms with E-state index in [0.29, 0.717) is 36.9 Å². The first-order valence-corrected chi connectivity index (χ1v) is 11.2. The van der Waals surface area contributed by atoms with Crippen LogP contribution in [0.4, 0.5) is 5.69 Å². The minimum Gasteiger partial charge on any atom is -0.504 e. The fourth-order valence-corrected chi connectivity index (χ4v) is 4.49. The van der Waals surface area contributed by atoms with Crippen LogP contribution in [-0.4, -0.2) is 34.7 Å². The number of carbonyl (C=O) groups is 1. The zero-order valence-electron chi connectivity index (χ0n) is 16.1. The number of ether oxygens (including phenoxy) is 1. The number of amidine groups is 1. The maximum atomic E-state index is 13.1. The lowest BCUT2D eigenvalue weighted by molar-refractivity contribution is -0.122. The predicted molar refractivity (Wildman–Crippen MR) is 128 cm³/mol. The molecular formula is C21H20ClIN2O3S. The minimum atomic E-state index is -0.0848. The zero-order valence-corrected chi connectivity index (χ0v) is 19.9. The monoisotopic (exact) mass is 542 g/mol. The standard InChI is InChI=1S/C21H20ClIN2O3S/c1-12(2)11-25-20(27)18(10-13-8-16(23)19(26)17(9-13)28-3)29-21(25)24-15-6-4-14(22)5-7-15/h4-10,12,26H,11H2,1-3H3/b18-10-,24-21?. The van der Waals surface area contributed by atoms with Crippen LogP contribution in [0.2, 0.25) is 5.02 Å². The van der Waals surface area contributed by atoms with Gasteiger partial charge in [-0.1, -0.05) is 25.4 Å². The molecule has 1 heterocycles. The van der Waals surface area contributed by atoms with Gasteiger partial charge in [-0.15, -0.1) is 0 Å². The van der Waals surface area contributed by atoms with Crippen molar-refractivity contribution in [3.05, 3.63) is 55.5 Å². The van der Waals surface area contributed by atoms with Crippen molar-refractivity contribution in [1.82, 2.24) is 4.90 Å². The lowest BCUT2D eigenvalue weighted by atomic mass is 10.1. The molecule has 0 spiro atoms. The van der Waals surface area contributed by atoms with Crippen LogP contribution in [-0.2, 0) is 4.79 Å². The van der Waals surface area contributed by atoms with Crippen molar-refractivity contribution >= 4 is 68.8 Å². The molecule has 0 atom stereocenters. The van der Waals surface area contributed by atoms with Crippen LogP contribution < -0.4 is 4.74 Å². The lowest BCUT2D eigenvalue weighted by Crippen LogP contribution is -2.32. The van der Waals surface area contributed by atoms with Gasteiger partial charge in [0, 0.05) is 11.6 Å². The summed E-state index contributed by atoms with van der Waals surface area (Å²) in [4.78, 5) is 20.0. The van der Waals surface area contributed by atoms with Crippen LogP contribution >= 0.6 is 46.0 Å². The van der Waals surface area contributed by atoms with E-state index in [-0.39, 0.29) is 11.7 Å². The second kappa shape index (κ2) is 9.40. The predicted octanol–water partition coefficient (Wildman–Crippen LogP) is 5.92. The van der Waals surface area contributed by atoms with Gasteiger partial charge in [-0.25, -0.2) is 4.99 Å². The van der Waals surface area contributed by atoms with Crippen molar-refractivity contribution in [2.24, 2.45) is 10.9 Å². The summed E-state index contributed by atoms with van der Waals surface area (Å²) in [5.74, 6) is 0.669. The zero-order chi connectivity index (χ0) is 21.1. The summed E-state index contributed by atoms with van der Waals surface area (Å²) in [5, 5.41) is 11.3. The summed E-state index contributed by atoms with van der Waals surface area (Å²) in [6, 6.07) is 10.7. The van der Waals surface area contributed by atoms with E-state index < -0.39 is 0 Å². The number of nitrogens with zero attached hydrogens (tertiary/aromatic N) is 2. The van der Waals surface area contributed by atoms with Crippen molar-refractivity contribution < 1.29 is 14.6 Å². The number of methoxy groups -OCH3 is 1. The van der Waals surface area contributed by atoms with Crippen molar-refractivity contribution in [3.8, 4) is 11.5 Å². The van der Waals surface area contributed by atoms with E-state index in [0.717, 1.165) is 11.3 Å². The summed E-state index contributed by atoms with van der Waals surface area (Å²) < 4.78 is 5.87. The largest absolute Gasteiger partial charge is 0.504 e. The first kappa shape index (κ1) is 22.0. The molecule has 5 nitrogen and oxygen atoms in total. The van der Waals surface area contributed by atoms with Crippen LogP contribution in [0.15, 0.2) is 46.3 Å². The molecule has 8 heteroatoms. The molecule has 0 radical (unpaired) electrons. The maximum absolute atomic E-state index is 13.1. The summed E-state index contributed by atoms with van der Waals surface area (Å²) in [5.41, 5.74) is 1.51. The van der Waals surface area contributed by atoms with Gasteiger partial charge in [0.25, 0.3) is 5.91 Å². The lowest BCUT2D eigenvalue weighted by Gasteiger charge is -2.17. The van der Waals surface area contributed by atoms with E-state index in [9.17, 15) is 9.90 Å². The van der Waals surface area contributed by atoms with E-state index >= 15 is 0 Å². The molecule has 0 aromatic heterocycles. The van der Waals surface area contributed by atoms with Gasteiger partial charge in [0.1, 0.15) is 0 Å². The normalized spacial score (nSPS) is 17.0. The molecular weight excluding hydrogens is 523 g/mol. The number of amides is 1. The quantitative estimate of drug-likeness (QED) is 0.376. The van der Waals surface area contributed by atoms with Gasteiger partial charge in [0.05, 0.1) is 21.3 Å². The van der Waals surface area contributed by atoms with E-state index in [1.54, 1.807) is 35.2 Å². The van der Waals surface area contributed by atoms with Crippen LogP contribution in [0.25, 0.3) is 6.08 Å². The Balaban J connectivity index is 1.99. The summed E-state index contributed by atoms with van der Waals surface area (Å²) >= 11 is 9.33. The Morgan fingerprint density at radius 2 is 2.00 bits per heavy atom. The summed E-state index contributed by atoms with van der Waals surface area (Å²) in [6.07, 6.45) is 1.80. The van der Waals surface area contributed by atoms with E-state index in [1.807, 2.05) is 34.7 Å². The van der Waals surface area contributed by atoms with Gasteiger partial charge in [-0.05, 0) is 88.3 Å². The third kappa shape index (κ3) is 5.26. The number of hydrogen-bond acceptors (Lipinski definition) is 5. The molecule has 1 fully saturated rings. The molecule has 1 aliphatic rings. The Labute approximate surface area is 192 Å². The molecule has 1 saturated heterocycles. The van der Waals surface area contributed by atoms with Crippen molar-refractivity contribution in [2.75, 3.05) is 13.7 Å². The number of phenols is 1. The summed E-state index contributed by atoms with van der Waals surface area (Å²) in [7, 11) is 1.50. The molecule has 2 aromatic carbocycles. The number of hydrogen-bond donors (Lipinski definition) is 1. The highest BCUT2D eigenvalue weighted by molar-refractivity contribution is 14.1. The number of halogens is 2. The second-order valence-electron chi connectivity index (χ2n) is 6.84. The Morgan fingerprint density at radius 3 is 2.62 bits per heavy atom. The Bertz CT molecular complexity index is 990. The Kier molecular flexibility index (Phi) is 7.13. The molecule has 1 aliphatic heterocycles. The molecule has 1 amide bonds. The summed E-state index contributed by atoms with van der Waals surface area (Å²) in [6.45, 7) is 4.70. The van der Waals surface area contributed by atoms with Crippen LogP contribution in [0, 0.1) is 9.49 Å². The highest BCUT2D eigenvalue weighted by Gasteiger charge is 2.33. The number of benzene rings is 2. The van der Waals surface area contributed by atoms with Crippen LogP contribution in [0.3, 0.4) is 0 Å². The highest BCUT2D eigenvalue weighted by Crippen LogP contribution is 2.37. The fraction of sp³-hybridized carbons (Fsp3) is 0.238. The number of aromatic hydroxyl groups is 1. The number of thioether (sulfide) groups is 1. The van der Waals surface area contributed by atoms with Gasteiger partial charge in [-0.3, -0.25) is 9.69 Å². The van der Waals surface area contributed by atoms with Gasteiger partial charge in [0.15, 0.2) is 16.7 Å². The Hall–Kier alpha value is -1.71. The number of phenolic OH excluding ortho intramolecular Hbond substituents is 1. The van der Waals surface area contributed by atoms with Crippen LogP contribution in [0.1, 0.15) is 19.4 Å². The molecule has 1 N–H and O–H groups in total. The van der Waals surface area contributed by atoms with Crippen molar-refractivity contribution in [2.45, 2.75) is 13.8 Å². The van der Waals surface area contributed by atoms with E-state index in [4.69, 9.17) is 16.3 Å². The fourth-order valence-electron chi connectivity index (χ4n) is 2.73. The molecule has 0 saturated carbocycles. The molecule has 0 bridgehead atoms. The van der Waals surface area contributed by atoms with Gasteiger partial charge in [0.2, 0.25) is 0 Å². The average Bonchev–Trinajstić information content (AvgIpc) is 2.94. The smallest absolute Gasteiger partial charge is 0.266 e. The third-order valence-corrected chi connectivity index (χ3v) is 6.14. The van der Waals surface area contributed by atoms with Gasteiger partial charge >= 0.3 is 0 Å². The molecule has 29 heavy (non-hydrogen) atoms. The van der Waals surface area contributed by atoms with Crippen LogP contribution in [0.5, 0.6) is 11.5 Å². The van der Waals surface area contributed by atoms with Crippen molar-refractivity contribution in [1.29, 1.82) is 0 Å². The SMILES string of the molecule is COc1cc(/C=C2\SC(=Nc3ccc(Cl)cc3)N(CC(C)C)C2=O)cc(I)c1O. The number of aliphatic imine (C=N–C) groups is 1. The Morgan fingerprint density at radius 1 is 1.31 bits per heavy atom. The van der Waals surface area contributed by atoms with E-state index in [1.165, 1.54) is 18.9 Å². The molecule has 152 valence electrons. The first-order valence-electron chi connectivity index (χ1n) is 8.90. The first-order chi connectivity index (χ1) is 13.8.